The molecule has 1 aliphatic rings. The van der Waals surface area contributed by atoms with Crippen LogP contribution in [0.3, 0.4) is 0 Å². The third-order valence-corrected chi connectivity index (χ3v) is 5.50. The van der Waals surface area contributed by atoms with Crippen LogP contribution in [0.1, 0.15) is 27.2 Å². The normalized spacial score (nSPS) is 31.6. The van der Waals surface area contributed by atoms with E-state index in [-0.39, 0.29) is 11.5 Å². The summed E-state index contributed by atoms with van der Waals surface area (Å²) >= 11 is 0. The second-order valence-electron chi connectivity index (χ2n) is 5.35. The third kappa shape index (κ3) is 4.23. The standard InChI is InChI=1S/C12H26N2O2S/c1-4-17(15,16)6-5-14-9-10(2)7-11(3)12(14)8-13/h10-12H,4-9,13H2,1-3H3. The number of nitrogens with zero attached hydrogens (tertiary/aromatic N) is 1. The summed E-state index contributed by atoms with van der Waals surface area (Å²) in [5.41, 5.74) is 5.81. The number of sulfone groups is 1. The Bertz CT molecular complexity index is 329. The highest BCUT2D eigenvalue weighted by Gasteiger charge is 2.31. The molecule has 1 aliphatic heterocycles. The number of rotatable bonds is 5. The predicted octanol–water partition coefficient (Wildman–Crippen LogP) is 0.726. The molecule has 0 amide bonds. The van der Waals surface area contributed by atoms with Crippen LogP contribution in [0.5, 0.6) is 0 Å². The lowest BCUT2D eigenvalue weighted by Gasteiger charge is -2.42. The second-order valence-corrected chi connectivity index (χ2v) is 7.83. The minimum atomic E-state index is -2.87. The van der Waals surface area contributed by atoms with E-state index < -0.39 is 9.84 Å². The van der Waals surface area contributed by atoms with Crippen molar-refractivity contribution < 1.29 is 8.42 Å². The van der Waals surface area contributed by atoms with Gasteiger partial charge >= 0.3 is 0 Å². The smallest absolute Gasteiger partial charge is 0.151 e. The molecule has 1 heterocycles. The molecule has 0 bridgehead atoms. The summed E-state index contributed by atoms with van der Waals surface area (Å²) in [5.74, 6) is 1.70. The molecule has 1 fully saturated rings. The molecule has 102 valence electrons. The summed E-state index contributed by atoms with van der Waals surface area (Å²) in [7, 11) is -2.87. The second kappa shape index (κ2) is 6.16. The van der Waals surface area contributed by atoms with Gasteiger partial charge < -0.3 is 5.73 Å². The highest BCUT2D eigenvalue weighted by molar-refractivity contribution is 7.91. The Kier molecular flexibility index (Phi) is 5.41. The van der Waals surface area contributed by atoms with Crippen molar-refractivity contribution in [3.05, 3.63) is 0 Å². The van der Waals surface area contributed by atoms with E-state index in [0.717, 1.165) is 6.54 Å². The van der Waals surface area contributed by atoms with Crippen molar-refractivity contribution in [2.75, 3.05) is 31.1 Å². The molecule has 0 aromatic heterocycles. The number of likely N-dealkylation sites (tertiary alicyclic amines) is 1. The zero-order valence-corrected chi connectivity index (χ0v) is 12.0. The monoisotopic (exact) mass is 262 g/mol. The van der Waals surface area contributed by atoms with E-state index in [0.29, 0.717) is 31.0 Å². The van der Waals surface area contributed by atoms with Crippen molar-refractivity contribution in [1.29, 1.82) is 0 Å². The zero-order valence-electron chi connectivity index (χ0n) is 11.2. The molecule has 2 N–H and O–H groups in total. The Morgan fingerprint density at radius 1 is 1.35 bits per heavy atom. The number of hydrogen-bond donors (Lipinski definition) is 1. The van der Waals surface area contributed by atoms with E-state index >= 15 is 0 Å². The first-order valence-electron chi connectivity index (χ1n) is 6.54. The highest BCUT2D eigenvalue weighted by atomic mass is 32.2. The summed E-state index contributed by atoms with van der Waals surface area (Å²) in [5, 5.41) is 0. The van der Waals surface area contributed by atoms with E-state index in [1.807, 2.05) is 0 Å². The van der Waals surface area contributed by atoms with E-state index in [9.17, 15) is 8.42 Å². The van der Waals surface area contributed by atoms with Crippen LogP contribution in [0.2, 0.25) is 0 Å². The topological polar surface area (TPSA) is 63.4 Å². The fraction of sp³-hybridized carbons (Fsp3) is 1.00. The number of nitrogens with two attached hydrogens (primary N) is 1. The van der Waals surface area contributed by atoms with Gasteiger partial charge in [0.25, 0.3) is 0 Å². The molecular formula is C12H26N2O2S. The van der Waals surface area contributed by atoms with Crippen molar-refractivity contribution in [3.8, 4) is 0 Å². The lowest BCUT2D eigenvalue weighted by atomic mass is 9.85. The van der Waals surface area contributed by atoms with Crippen LogP contribution >= 0.6 is 0 Å². The van der Waals surface area contributed by atoms with Crippen molar-refractivity contribution in [3.63, 3.8) is 0 Å². The van der Waals surface area contributed by atoms with E-state index in [1.165, 1.54) is 6.42 Å². The molecule has 0 saturated carbocycles. The highest BCUT2D eigenvalue weighted by Crippen LogP contribution is 2.26. The Hall–Kier alpha value is -0.130. The molecule has 0 aliphatic carbocycles. The van der Waals surface area contributed by atoms with Crippen molar-refractivity contribution in [2.45, 2.75) is 33.2 Å². The van der Waals surface area contributed by atoms with Crippen LogP contribution in [0.4, 0.5) is 0 Å². The average molecular weight is 262 g/mol. The molecule has 4 nitrogen and oxygen atoms in total. The summed E-state index contributed by atoms with van der Waals surface area (Å²) in [4.78, 5) is 2.27. The van der Waals surface area contributed by atoms with Crippen molar-refractivity contribution >= 4 is 9.84 Å². The minimum Gasteiger partial charge on any atom is -0.329 e. The molecule has 3 atom stereocenters. The average Bonchev–Trinajstić information content (AvgIpc) is 2.26. The van der Waals surface area contributed by atoms with Crippen LogP contribution in [0.25, 0.3) is 0 Å². The van der Waals surface area contributed by atoms with Gasteiger partial charge in [0.05, 0.1) is 5.75 Å². The van der Waals surface area contributed by atoms with Gasteiger partial charge in [-0.3, -0.25) is 4.90 Å². The Morgan fingerprint density at radius 3 is 2.53 bits per heavy atom. The summed E-state index contributed by atoms with van der Waals surface area (Å²) in [6, 6.07) is 0.346. The van der Waals surface area contributed by atoms with E-state index in [4.69, 9.17) is 5.73 Å². The maximum absolute atomic E-state index is 11.5. The van der Waals surface area contributed by atoms with Crippen LogP contribution in [-0.2, 0) is 9.84 Å². The van der Waals surface area contributed by atoms with Gasteiger partial charge in [0.2, 0.25) is 0 Å². The lowest BCUT2D eigenvalue weighted by Crippen LogP contribution is -2.52. The Balaban J connectivity index is 2.60. The largest absolute Gasteiger partial charge is 0.329 e. The SMILES string of the molecule is CCS(=O)(=O)CCN1CC(C)CC(C)C1CN. The molecule has 1 saturated heterocycles. The summed E-state index contributed by atoms with van der Waals surface area (Å²) in [6.07, 6.45) is 1.19. The Morgan fingerprint density at radius 2 is 2.00 bits per heavy atom. The van der Waals surface area contributed by atoms with Gasteiger partial charge in [-0.2, -0.15) is 0 Å². The summed E-state index contributed by atoms with van der Waals surface area (Å²) < 4.78 is 23.1. The third-order valence-electron chi connectivity index (χ3n) is 3.82. The van der Waals surface area contributed by atoms with Crippen molar-refractivity contribution in [2.24, 2.45) is 17.6 Å². The molecule has 0 aromatic carbocycles. The molecule has 3 unspecified atom stereocenters. The Labute approximate surface area is 105 Å². The number of piperidine rings is 1. The molecule has 17 heavy (non-hydrogen) atoms. The lowest BCUT2D eigenvalue weighted by molar-refractivity contribution is 0.0796. The maximum atomic E-state index is 11.5. The van der Waals surface area contributed by atoms with Gasteiger partial charge in [0, 0.05) is 31.4 Å². The molecule has 0 aromatic rings. The zero-order chi connectivity index (χ0) is 13.1. The fourth-order valence-corrected chi connectivity index (χ4v) is 3.60. The van der Waals surface area contributed by atoms with Crippen LogP contribution in [0, 0.1) is 11.8 Å². The molecule has 1 rings (SSSR count). The molecule has 0 radical (unpaired) electrons. The van der Waals surface area contributed by atoms with E-state index in [2.05, 4.69) is 18.7 Å². The maximum Gasteiger partial charge on any atom is 0.151 e. The summed E-state index contributed by atoms with van der Waals surface area (Å²) in [6.45, 7) is 8.38. The molecule has 5 heteroatoms. The first kappa shape index (κ1) is 14.9. The molecule has 0 spiro atoms. The van der Waals surface area contributed by atoms with Gasteiger partial charge in [-0.25, -0.2) is 8.42 Å². The first-order valence-corrected chi connectivity index (χ1v) is 8.36. The van der Waals surface area contributed by atoms with Crippen molar-refractivity contribution in [1.82, 2.24) is 4.90 Å². The van der Waals surface area contributed by atoms with Gasteiger partial charge in [-0.1, -0.05) is 20.8 Å². The van der Waals surface area contributed by atoms with Crippen LogP contribution < -0.4 is 5.73 Å². The number of hydrogen-bond acceptors (Lipinski definition) is 4. The van der Waals surface area contributed by atoms with Gasteiger partial charge in [-0.05, 0) is 18.3 Å². The van der Waals surface area contributed by atoms with Crippen LogP contribution in [0.15, 0.2) is 0 Å². The van der Waals surface area contributed by atoms with Gasteiger partial charge in [-0.15, -0.1) is 0 Å². The van der Waals surface area contributed by atoms with E-state index in [1.54, 1.807) is 6.92 Å². The van der Waals surface area contributed by atoms with Gasteiger partial charge in [0.15, 0.2) is 9.84 Å². The quantitative estimate of drug-likeness (QED) is 0.793. The molecular weight excluding hydrogens is 236 g/mol. The fourth-order valence-electron chi connectivity index (χ4n) is 2.80. The first-order chi connectivity index (χ1) is 7.89. The van der Waals surface area contributed by atoms with Gasteiger partial charge in [0.1, 0.15) is 0 Å². The predicted molar refractivity (Wildman–Crippen MR) is 71.7 cm³/mol. The minimum absolute atomic E-state index is 0.235. The van der Waals surface area contributed by atoms with Crippen LogP contribution in [-0.4, -0.2) is 50.5 Å².